The van der Waals surface area contributed by atoms with Gasteiger partial charge >= 0.3 is 0 Å². The van der Waals surface area contributed by atoms with Gasteiger partial charge in [0.1, 0.15) is 0 Å². The van der Waals surface area contributed by atoms with E-state index in [1.165, 1.54) is 6.07 Å². The van der Waals surface area contributed by atoms with Crippen molar-refractivity contribution >= 4 is 32.7 Å². The molecule has 0 fully saturated rings. The topological polar surface area (TPSA) is 82.2 Å². The highest BCUT2D eigenvalue weighted by Gasteiger charge is 2.14. The minimum Gasteiger partial charge on any atom is -0.396 e. The number of H-pyrrole nitrogens is 1. The van der Waals surface area contributed by atoms with E-state index in [0.717, 1.165) is 4.47 Å². The number of nitrogens with one attached hydrogen (secondary N) is 2. The lowest BCUT2D eigenvalue weighted by atomic mass is 10.1. The third-order valence-electron chi connectivity index (χ3n) is 3.01. The largest absolute Gasteiger partial charge is 0.396 e. The van der Waals surface area contributed by atoms with E-state index < -0.39 is 0 Å². The third-order valence-corrected chi connectivity index (χ3v) is 3.67. The number of aromatic nitrogens is 1. The Labute approximate surface area is 124 Å². The zero-order chi connectivity index (χ0) is 14.7. The predicted molar refractivity (Wildman–Crippen MR) is 80.9 cm³/mol. The Morgan fingerprint density at radius 3 is 2.95 bits per heavy atom. The molecule has 106 valence electrons. The van der Waals surface area contributed by atoms with Gasteiger partial charge in [-0.3, -0.25) is 9.59 Å². The Hall–Kier alpha value is -1.66. The van der Waals surface area contributed by atoms with Crippen molar-refractivity contribution in [1.29, 1.82) is 0 Å². The van der Waals surface area contributed by atoms with Crippen LogP contribution in [0, 0.1) is 0 Å². The fourth-order valence-electron chi connectivity index (χ4n) is 2.00. The second-order valence-corrected chi connectivity index (χ2v) is 5.45. The van der Waals surface area contributed by atoms with Gasteiger partial charge in [0.2, 0.25) is 5.56 Å². The number of fused-ring (bicyclic) bond motifs is 1. The number of rotatable bonds is 4. The van der Waals surface area contributed by atoms with Crippen LogP contribution in [-0.2, 0) is 0 Å². The highest BCUT2D eigenvalue weighted by atomic mass is 79.9. The van der Waals surface area contributed by atoms with E-state index in [2.05, 4.69) is 26.2 Å². The van der Waals surface area contributed by atoms with Crippen molar-refractivity contribution in [2.45, 2.75) is 19.4 Å². The summed E-state index contributed by atoms with van der Waals surface area (Å²) in [6.07, 6.45) is 0.469. The molecule has 0 unspecified atom stereocenters. The Kier molecular flexibility index (Phi) is 4.57. The fourth-order valence-corrected chi connectivity index (χ4v) is 2.46. The minimum atomic E-state index is -0.329. The molecule has 3 N–H and O–H groups in total. The molecule has 1 atom stereocenters. The zero-order valence-corrected chi connectivity index (χ0v) is 12.5. The van der Waals surface area contributed by atoms with Crippen molar-refractivity contribution in [3.63, 3.8) is 0 Å². The molecule has 2 rings (SSSR count). The van der Waals surface area contributed by atoms with E-state index in [1.807, 2.05) is 0 Å². The van der Waals surface area contributed by atoms with Gasteiger partial charge in [-0.15, -0.1) is 0 Å². The van der Waals surface area contributed by atoms with Crippen LogP contribution in [0.15, 0.2) is 33.5 Å². The summed E-state index contributed by atoms with van der Waals surface area (Å²) >= 11 is 3.36. The van der Waals surface area contributed by atoms with Crippen molar-refractivity contribution < 1.29 is 9.90 Å². The normalized spacial score (nSPS) is 12.3. The molecule has 0 radical (unpaired) electrons. The monoisotopic (exact) mass is 338 g/mol. The van der Waals surface area contributed by atoms with Crippen molar-refractivity contribution in [3.8, 4) is 0 Å². The number of carbonyl (C=O) groups is 1. The number of benzene rings is 1. The van der Waals surface area contributed by atoms with Crippen LogP contribution in [0.25, 0.3) is 10.9 Å². The van der Waals surface area contributed by atoms with E-state index in [-0.39, 0.29) is 24.1 Å². The highest BCUT2D eigenvalue weighted by molar-refractivity contribution is 9.10. The second kappa shape index (κ2) is 6.19. The average Bonchev–Trinajstić information content (AvgIpc) is 2.39. The van der Waals surface area contributed by atoms with E-state index in [1.54, 1.807) is 25.1 Å². The summed E-state index contributed by atoms with van der Waals surface area (Å²) < 4.78 is 0.727. The van der Waals surface area contributed by atoms with Gasteiger partial charge in [-0.05, 0) is 35.3 Å². The van der Waals surface area contributed by atoms with Crippen LogP contribution >= 0.6 is 15.9 Å². The first-order valence-electron chi connectivity index (χ1n) is 6.26. The third kappa shape index (κ3) is 3.08. The lowest BCUT2D eigenvalue weighted by Gasteiger charge is -2.13. The second-order valence-electron chi connectivity index (χ2n) is 4.60. The molecule has 2 aromatic rings. The molecule has 1 aromatic heterocycles. The van der Waals surface area contributed by atoms with Gasteiger partial charge < -0.3 is 15.4 Å². The first-order chi connectivity index (χ1) is 9.52. The van der Waals surface area contributed by atoms with Crippen molar-refractivity contribution in [2.75, 3.05) is 6.61 Å². The van der Waals surface area contributed by atoms with E-state index in [4.69, 9.17) is 5.11 Å². The average molecular weight is 339 g/mol. The van der Waals surface area contributed by atoms with Crippen molar-refractivity contribution in [3.05, 3.63) is 44.7 Å². The molecule has 0 aliphatic rings. The molecule has 20 heavy (non-hydrogen) atoms. The van der Waals surface area contributed by atoms with Gasteiger partial charge in [0.05, 0.1) is 11.1 Å². The maximum absolute atomic E-state index is 12.2. The van der Waals surface area contributed by atoms with Crippen LogP contribution in [0.4, 0.5) is 0 Å². The van der Waals surface area contributed by atoms with Crippen molar-refractivity contribution in [1.82, 2.24) is 10.3 Å². The lowest BCUT2D eigenvalue weighted by molar-refractivity contribution is 0.0936. The van der Waals surface area contributed by atoms with Crippen LogP contribution in [0.2, 0.25) is 0 Å². The standard InChI is InChI=1S/C14H15BrN2O3/c1-8(5-6-18)16-14(20)10-7-12(19)17-13-9(10)3-2-4-11(13)15/h2-4,7-8,18H,5-6H2,1H3,(H,16,20)(H,17,19)/t8-/m1/s1. The van der Waals surface area contributed by atoms with Crippen LogP contribution in [0.3, 0.4) is 0 Å². The summed E-state index contributed by atoms with van der Waals surface area (Å²) in [4.78, 5) is 26.6. The van der Waals surface area contributed by atoms with Gasteiger partial charge in [-0.25, -0.2) is 0 Å². The summed E-state index contributed by atoms with van der Waals surface area (Å²) in [6, 6.07) is 6.51. The van der Waals surface area contributed by atoms with Crippen LogP contribution < -0.4 is 10.9 Å². The quantitative estimate of drug-likeness (QED) is 0.794. The van der Waals surface area contributed by atoms with Crippen LogP contribution in [-0.4, -0.2) is 28.6 Å². The van der Waals surface area contributed by atoms with Gasteiger partial charge in [-0.2, -0.15) is 0 Å². The number of aliphatic hydroxyl groups excluding tert-OH is 1. The van der Waals surface area contributed by atoms with E-state index in [9.17, 15) is 9.59 Å². The predicted octanol–water partition coefficient (Wildman–Crippen LogP) is 1.79. The number of carbonyl (C=O) groups excluding carboxylic acids is 1. The molecule has 5 nitrogen and oxygen atoms in total. The molecule has 1 heterocycles. The molecule has 6 heteroatoms. The Morgan fingerprint density at radius 2 is 2.25 bits per heavy atom. The summed E-state index contributed by atoms with van der Waals surface area (Å²) in [7, 11) is 0. The maximum atomic E-state index is 12.2. The van der Waals surface area contributed by atoms with Crippen LogP contribution in [0.1, 0.15) is 23.7 Å². The Bertz CT molecular complexity index is 696. The zero-order valence-electron chi connectivity index (χ0n) is 10.9. The number of aliphatic hydroxyl groups is 1. The van der Waals surface area contributed by atoms with Gasteiger partial charge in [0, 0.05) is 28.6 Å². The summed E-state index contributed by atoms with van der Waals surface area (Å²) in [5, 5.41) is 12.3. The molecule has 0 aliphatic carbocycles. The van der Waals surface area contributed by atoms with Crippen LogP contribution in [0.5, 0.6) is 0 Å². The summed E-state index contributed by atoms with van der Waals surface area (Å²) in [5.41, 5.74) is 0.596. The molecular weight excluding hydrogens is 324 g/mol. The molecule has 0 saturated heterocycles. The molecule has 1 amide bonds. The molecule has 0 saturated carbocycles. The van der Waals surface area contributed by atoms with Gasteiger partial charge in [0.25, 0.3) is 5.91 Å². The number of hydrogen-bond acceptors (Lipinski definition) is 3. The number of aromatic amines is 1. The summed E-state index contributed by atoms with van der Waals surface area (Å²) in [5.74, 6) is -0.319. The Balaban J connectivity index is 2.46. The number of para-hydroxylation sites is 1. The van der Waals surface area contributed by atoms with Gasteiger partial charge in [-0.1, -0.05) is 12.1 Å². The Morgan fingerprint density at radius 1 is 1.50 bits per heavy atom. The maximum Gasteiger partial charge on any atom is 0.252 e. The van der Waals surface area contributed by atoms with E-state index in [0.29, 0.717) is 22.9 Å². The molecule has 0 bridgehead atoms. The fraction of sp³-hybridized carbons (Fsp3) is 0.286. The minimum absolute atomic E-state index is 0.00309. The number of pyridine rings is 1. The molecule has 1 aromatic carbocycles. The number of halogens is 1. The molecule has 0 spiro atoms. The van der Waals surface area contributed by atoms with E-state index >= 15 is 0 Å². The molecular formula is C14H15BrN2O3. The van der Waals surface area contributed by atoms with Gasteiger partial charge in [0.15, 0.2) is 0 Å². The first-order valence-corrected chi connectivity index (χ1v) is 7.05. The molecule has 0 aliphatic heterocycles. The smallest absolute Gasteiger partial charge is 0.252 e. The number of amides is 1. The van der Waals surface area contributed by atoms with Crippen molar-refractivity contribution in [2.24, 2.45) is 0 Å². The highest BCUT2D eigenvalue weighted by Crippen LogP contribution is 2.23. The lowest BCUT2D eigenvalue weighted by Crippen LogP contribution is -2.34. The SMILES string of the molecule is C[C@H](CCO)NC(=O)c1cc(=O)[nH]c2c(Br)cccc12. The first kappa shape index (κ1) is 14.7. The summed E-state index contributed by atoms with van der Waals surface area (Å²) in [6.45, 7) is 1.81. The number of hydrogen-bond donors (Lipinski definition) is 3.